The van der Waals surface area contributed by atoms with Gasteiger partial charge in [0.15, 0.2) is 5.52 Å². The largest absolute Gasteiger partial charge is 0.330 e. The van der Waals surface area contributed by atoms with Gasteiger partial charge in [-0.25, -0.2) is 9.78 Å². The summed E-state index contributed by atoms with van der Waals surface area (Å²) < 4.78 is 2.66. The van der Waals surface area contributed by atoms with E-state index in [0.29, 0.717) is 21.3 Å². The van der Waals surface area contributed by atoms with E-state index in [1.54, 1.807) is 29.8 Å². The van der Waals surface area contributed by atoms with Gasteiger partial charge in [0.1, 0.15) is 5.65 Å². The number of aryl methyl sites for hydroxylation is 1. The van der Waals surface area contributed by atoms with Crippen molar-refractivity contribution >= 4 is 34.4 Å². The van der Waals surface area contributed by atoms with Gasteiger partial charge in [-0.3, -0.25) is 14.3 Å². The minimum Gasteiger partial charge on any atom is -0.320 e. The molecule has 1 N–H and O–H groups in total. The van der Waals surface area contributed by atoms with E-state index in [1.165, 1.54) is 6.33 Å². The van der Waals surface area contributed by atoms with Crippen LogP contribution in [0.25, 0.3) is 11.2 Å². The number of halogens is 2. The third kappa shape index (κ3) is 2.36. The molecule has 0 saturated carbocycles. The van der Waals surface area contributed by atoms with Crippen molar-refractivity contribution < 1.29 is 0 Å². The molecule has 0 radical (unpaired) electrons. The molecule has 0 aliphatic heterocycles. The Hall–Kier alpha value is -2.05. The fraction of sp³-hybridized carbons (Fsp3) is 0.154. The molecular weight excluding hydrogens is 315 g/mol. The highest BCUT2D eigenvalue weighted by molar-refractivity contribution is 6.42. The van der Waals surface area contributed by atoms with Gasteiger partial charge in [0.05, 0.1) is 22.9 Å². The first kappa shape index (κ1) is 13.9. The van der Waals surface area contributed by atoms with Gasteiger partial charge in [0, 0.05) is 7.05 Å². The first-order valence-electron chi connectivity index (χ1n) is 6.05. The summed E-state index contributed by atoms with van der Waals surface area (Å²) in [5.74, 6) is 0. The predicted molar refractivity (Wildman–Crippen MR) is 81.2 cm³/mol. The molecule has 0 aliphatic carbocycles. The first-order chi connectivity index (χ1) is 9.97. The molecule has 0 amide bonds. The van der Waals surface area contributed by atoms with Crippen LogP contribution in [0.5, 0.6) is 0 Å². The highest BCUT2D eigenvalue weighted by Gasteiger charge is 2.12. The number of aromatic nitrogens is 4. The zero-order valence-corrected chi connectivity index (χ0v) is 12.4. The molecule has 108 valence electrons. The number of rotatable bonds is 2. The van der Waals surface area contributed by atoms with Crippen molar-refractivity contribution in [3.8, 4) is 0 Å². The average molecular weight is 325 g/mol. The normalized spacial score (nSPS) is 11.2. The van der Waals surface area contributed by atoms with Crippen LogP contribution in [0.4, 0.5) is 0 Å². The SMILES string of the molecule is Cn1cnc2c(=O)n(Cc3ccc(Cl)c(Cl)c3)c(=O)[nH]c21. The van der Waals surface area contributed by atoms with Gasteiger partial charge in [0.25, 0.3) is 5.56 Å². The highest BCUT2D eigenvalue weighted by Crippen LogP contribution is 2.22. The number of H-pyrrole nitrogens is 1. The van der Waals surface area contributed by atoms with Gasteiger partial charge < -0.3 is 4.57 Å². The third-order valence-corrected chi connectivity index (χ3v) is 3.92. The maximum atomic E-state index is 12.3. The molecular formula is C13H10Cl2N4O2. The number of nitrogens with one attached hydrogen (secondary N) is 1. The molecule has 0 spiro atoms. The van der Waals surface area contributed by atoms with Crippen LogP contribution < -0.4 is 11.2 Å². The zero-order chi connectivity index (χ0) is 15.1. The number of imidazole rings is 1. The minimum absolute atomic E-state index is 0.0948. The van der Waals surface area contributed by atoms with Crippen LogP contribution in [-0.4, -0.2) is 19.1 Å². The molecule has 1 aromatic carbocycles. The number of benzene rings is 1. The second kappa shape index (κ2) is 5.05. The Morgan fingerprint density at radius 1 is 1.24 bits per heavy atom. The van der Waals surface area contributed by atoms with Crippen molar-refractivity contribution in [3.05, 3.63) is 61.0 Å². The quantitative estimate of drug-likeness (QED) is 0.780. The van der Waals surface area contributed by atoms with E-state index in [9.17, 15) is 9.59 Å². The first-order valence-corrected chi connectivity index (χ1v) is 6.81. The smallest absolute Gasteiger partial charge is 0.320 e. The van der Waals surface area contributed by atoms with Crippen LogP contribution in [0.1, 0.15) is 5.56 Å². The highest BCUT2D eigenvalue weighted by atomic mass is 35.5. The fourth-order valence-electron chi connectivity index (χ4n) is 2.09. The molecule has 0 fully saturated rings. The second-order valence-corrected chi connectivity index (χ2v) is 5.44. The van der Waals surface area contributed by atoms with Crippen LogP contribution in [0.15, 0.2) is 34.1 Å². The Kier molecular flexibility index (Phi) is 3.35. The summed E-state index contributed by atoms with van der Waals surface area (Å²) >= 11 is 11.8. The molecule has 0 bridgehead atoms. The van der Waals surface area contributed by atoms with Crippen LogP contribution in [0.3, 0.4) is 0 Å². The average Bonchev–Trinajstić information content (AvgIpc) is 2.80. The maximum absolute atomic E-state index is 12.3. The molecule has 2 aromatic heterocycles. The van der Waals surface area contributed by atoms with Crippen molar-refractivity contribution in [2.24, 2.45) is 7.05 Å². The zero-order valence-electron chi connectivity index (χ0n) is 10.9. The van der Waals surface area contributed by atoms with Crippen LogP contribution >= 0.6 is 23.2 Å². The molecule has 2 heterocycles. The molecule has 0 saturated heterocycles. The lowest BCUT2D eigenvalue weighted by Crippen LogP contribution is -2.35. The number of nitrogens with zero attached hydrogens (tertiary/aromatic N) is 3. The summed E-state index contributed by atoms with van der Waals surface area (Å²) in [6, 6.07) is 4.96. The van der Waals surface area contributed by atoms with Gasteiger partial charge >= 0.3 is 5.69 Å². The topological polar surface area (TPSA) is 72.7 Å². The summed E-state index contributed by atoms with van der Waals surface area (Å²) in [5, 5.41) is 0.791. The van der Waals surface area contributed by atoms with E-state index in [1.807, 2.05) is 0 Å². The lowest BCUT2D eigenvalue weighted by atomic mass is 10.2. The van der Waals surface area contributed by atoms with Crippen LogP contribution in [0, 0.1) is 0 Å². The van der Waals surface area contributed by atoms with E-state index in [-0.39, 0.29) is 12.1 Å². The van der Waals surface area contributed by atoms with E-state index in [4.69, 9.17) is 23.2 Å². The molecule has 0 atom stereocenters. The Morgan fingerprint density at radius 3 is 2.71 bits per heavy atom. The van der Waals surface area contributed by atoms with Gasteiger partial charge in [-0.15, -0.1) is 0 Å². The van der Waals surface area contributed by atoms with Crippen LogP contribution in [0.2, 0.25) is 10.0 Å². The van der Waals surface area contributed by atoms with Crippen molar-refractivity contribution in [1.82, 2.24) is 19.1 Å². The minimum atomic E-state index is -0.498. The molecule has 3 rings (SSSR count). The number of fused-ring (bicyclic) bond motifs is 1. The van der Waals surface area contributed by atoms with Gasteiger partial charge in [0.2, 0.25) is 0 Å². The van der Waals surface area contributed by atoms with Crippen molar-refractivity contribution in [3.63, 3.8) is 0 Å². The Balaban J connectivity index is 2.14. The molecule has 8 heteroatoms. The van der Waals surface area contributed by atoms with E-state index >= 15 is 0 Å². The summed E-state index contributed by atoms with van der Waals surface area (Å²) in [7, 11) is 1.70. The van der Waals surface area contributed by atoms with Crippen molar-refractivity contribution in [1.29, 1.82) is 0 Å². The monoisotopic (exact) mass is 324 g/mol. The lowest BCUT2D eigenvalue weighted by molar-refractivity contribution is 0.707. The van der Waals surface area contributed by atoms with Crippen molar-refractivity contribution in [2.45, 2.75) is 6.54 Å². The Bertz CT molecular complexity index is 955. The fourth-order valence-corrected chi connectivity index (χ4v) is 2.41. The van der Waals surface area contributed by atoms with Crippen molar-refractivity contribution in [2.75, 3.05) is 0 Å². The summed E-state index contributed by atoms with van der Waals surface area (Å²) in [6.45, 7) is 0.0948. The molecule has 6 nitrogen and oxygen atoms in total. The van der Waals surface area contributed by atoms with Gasteiger partial charge in [-0.2, -0.15) is 0 Å². The third-order valence-electron chi connectivity index (χ3n) is 3.18. The Morgan fingerprint density at radius 2 is 2.00 bits per heavy atom. The van der Waals surface area contributed by atoms with E-state index < -0.39 is 11.2 Å². The number of hydrogen-bond acceptors (Lipinski definition) is 3. The maximum Gasteiger partial charge on any atom is 0.330 e. The summed E-state index contributed by atoms with van der Waals surface area (Å²) in [6.07, 6.45) is 1.48. The number of aromatic amines is 1. The standard InChI is InChI=1S/C13H10Cl2N4O2/c1-18-6-16-10-11(18)17-13(21)19(12(10)20)5-7-2-3-8(14)9(15)4-7/h2-4,6H,5H2,1H3,(H,17,21). The molecule has 0 aliphatic rings. The molecule has 0 unspecified atom stereocenters. The van der Waals surface area contributed by atoms with Crippen LogP contribution in [-0.2, 0) is 13.6 Å². The number of hydrogen-bond donors (Lipinski definition) is 1. The lowest BCUT2D eigenvalue weighted by Gasteiger charge is -2.06. The second-order valence-electron chi connectivity index (χ2n) is 4.62. The Labute approximate surface area is 128 Å². The molecule has 21 heavy (non-hydrogen) atoms. The van der Waals surface area contributed by atoms with Gasteiger partial charge in [-0.05, 0) is 17.7 Å². The van der Waals surface area contributed by atoms with E-state index in [0.717, 1.165) is 4.57 Å². The predicted octanol–water partition coefficient (Wildman–Crippen LogP) is 1.78. The summed E-state index contributed by atoms with van der Waals surface area (Å²) in [4.78, 5) is 31.0. The summed E-state index contributed by atoms with van der Waals surface area (Å²) in [5.41, 5.74) is 0.377. The van der Waals surface area contributed by atoms with Gasteiger partial charge in [-0.1, -0.05) is 29.3 Å². The molecule has 3 aromatic rings. The van der Waals surface area contributed by atoms with E-state index in [2.05, 4.69) is 9.97 Å².